The first-order chi connectivity index (χ1) is 14.1. The number of piperazine rings is 1. The van der Waals surface area contributed by atoms with Gasteiger partial charge in [-0.25, -0.2) is 4.98 Å². The highest BCUT2D eigenvalue weighted by Gasteiger charge is 2.21. The van der Waals surface area contributed by atoms with Crippen molar-refractivity contribution in [2.75, 3.05) is 31.1 Å². The van der Waals surface area contributed by atoms with Crippen LogP contribution in [0.5, 0.6) is 0 Å². The van der Waals surface area contributed by atoms with Gasteiger partial charge in [-0.05, 0) is 43.2 Å². The van der Waals surface area contributed by atoms with Gasteiger partial charge in [-0.3, -0.25) is 9.69 Å². The van der Waals surface area contributed by atoms with E-state index in [-0.39, 0.29) is 5.91 Å². The number of benzene rings is 1. The van der Waals surface area contributed by atoms with E-state index in [1.165, 1.54) is 23.1 Å². The zero-order valence-electron chi connectivity index (χ0n) is 16.9. The Hall–Kier alpha value is -3.06. The van der Waals surface area contributed by atoms with Crippen LogP contribution in [0.4, 0.5) is 5.69 Å². The zero-order chi connectivity index (χ0) is 20.2. The van der Waals surface area contributed by atoms with E-state index in [1.54, 1.807) is 12.3 Å². The average Bonchev–Trinajstić information content (AvgIpc) is 3.41. The first-order valence-electron chi connectivity index (χ1n) is 9.88. The summed E-state index contributed by atoms with van der Waals surface area (Å²) in [7, 11) is 0. The van der Waals surface area contributed by atoms with Crippen molar-refractivity contribution < 1.29 is 13.6 Å². The van der Waals surface area contributed by atoms with Crippen LogP contribution < -0.4 is 10.2 Å². The molecule has 0 radical (unpaired) electrons. The Kier molecular flexibility index (Phi) is 5.67. The van der Waals surface area contributed by atoms with Crippen LogP contribution in [0, 0.1) is 13.8 Å². The quantitative estimate of drug-likeness (QED) is 0.692. The third-order valence-corrected chi connectivity index (χ3v) is 5.44. The van der Waals surface area contributed by atoms with E-state index >= 15 is 0 Å². The number of carbonyl (C=O) groups is 1. The van der Waals surface area contributed by atoms with E-state index in [0.717, 1.165) is 26.2 Å². The van der Waals surface area contributed by atoms with Crippen molar-refractivity contribution >= 4 is 11.6 Å². The fourth-order valence-corrected chi connectivity index (χ4v) is 3.58. The number of aromatic nitrogens is 1. The minimum absolute atomic E-state index is 0.267. The van der Waals surface area contributed by atoms with E-state index in [1.807, 2.05) is 6.07 Å². The molecule has 3 heterocycles. The number of nitrogens with one attached hydrogen (secondary N) is 1. The average molecular weight is 394 g/mol. The first kappa shape index (κ1) is 19.3. The predicted octanol–water partition coefficient (Wildman–Crippen LogP) is 3.14. The Morgan fingerprint density at radius 3 is 2.69 bits per heavy atom. The van der Waals surface area contributed by atoms with Crippen molar-refractivity contribution in [2.45, 2.75) is 26.9 Å². The van der Waals surface area contributed by atoms with Crippen molar-refractivity contribution in [1.82, 2.24) is 15.2 Å². The highest BCUT2D eigenvalue weighted by atomic mass is 16.3. The molecule has 3 aromatic rings. The number of nitrogens with zero attached hydrogens (tertiary/aromatic N) is 3. The maximum atomic E-state index is 12.2. The van der Waals surface area contributed by atoms with Crippen molar-refractivity contribution in [1.29, 1.82) is 0 Å². The Balaban J connectivity index is 1.28. The smallest absolute Gasteiger partial charge is 0.273 e. The van der Waals surface area contributed by atoms with Crippen LogP contribution >= 0.6 is 0 Å². The Morgan fingerprint density at radius 2 is 1.93 bits per heavy atom. The second-order valence-electron chi connectivity index (χ2n) is 7.37. The lowest BCUT2D eigenvalue weighted by atomic mass is 10.1. The molecule has 1 amide bonds. The van der Waals surface area contributed by atoms with Crippen LogP contribution in [0.3, 0.4) is 0 Å². The molecule has 1 aliphatic heterocycles. The lowest BCUT2D eigenvalue weighted by Crippen LogP contribution is -2.46. The van der Waals surface area contributed by atoms with Crippen molar-refractivity contribution in [2.24, 2.45) is 0 Å². The van der Waals surface area contributed by atoms with E-state index in [4.69, 9.17) is 8.83 Å². The second-order valence-corrected chi connectivity index (χ2v) is 7.37. The van der Waals surface area contributed by atoms with Gasteiger partial charge in [0.1, 0.15) is 12.0 Å². The summed E-state index contributed by atoms with van der Waals surface area (Å²) < 4.78 is 10.7. The van der Waals surface area contributed by atoms with Gasteiger partial charge >= 0.3 is 0 Å². The van der Waals surface area contributed by atoms with Crippen molar-refractivity contribution in [3.8, 4) is 0 Å². The van der Waals surface area contributed by atoms with Crippen LogP contribution in [0.25, 0.3) is 0 Å². The number of carbonyl (C=O) groups excluding carboxylic acids is 1. The van der Waals surface area contributed by atoms with E-state index in [2.05, 4.69) is 52.1 Å². The fourth-order valence-electron chi connectivity index (χ4n) is 3.58. The molecule has 0 atom stereocenters. The molecule has 7 heteroatoms. The van der Waals surface area contributed by atoms with Gasteiger partial charge in [-0.2, -0.15) is 0 Å². The number of anilines is 1. The largest absolute Gasteiger partial charge is 0.467 e. The van der Waals surface area contributed by atoms with Gasteiger partial charge in [0.25, 0.3) is 5.91 Å². The van der Waals surface area contributed by atoms with Gasteiger partial charge in [0.05, 0.1) is 19.4 Å². The molecule has 0 saturated carbocycles. The Morgan fingerprint density at radius 1 is 1.10 bits per heavy atom. The second kappa shape index (κ2) is 8.53. The van der Waals surface area contributed by atoms with Crippen LogP contribution in [0.1, 0.15) is 33.3 Å². The number of oxazole rings is 1. The van der Waals surface area contributed by atoms with Crippen LogP contribution in [0.15, 0.2) is 51.7 Å². The molecule has 152 valence electrons. The molecule has 1 fully saturated rings. The molecule has 29 heavy (non-hydrogen) atoms. The summed E-state index contributed by atoms with van der Waals surface area (Å²) in [5.41, 5.74) is 4.28. The molecule has 2 aromatic heterocycles. The molecule has 0 aliphatic carbocycles. The third-order valence-electron chi connectivity index (χ3n) is 5.44. The summed E-state index contributed by atoms with van der Waals surface area (Å²) in [5, 5.41) is 2.78. The standard InChI is InChI=1S/C22H26N4O3/c1-16-5-3-7-20(17(16)2)26-10-8-25(9-11-26)14-21-24-19(15-29-21)22(27)23-13-18-6-4-12-28-18/h3-7,12,15H,8-11,13-14H2,1-2H3,(H,23,27). The minimum atomic E-state index is -0.267. The van der Waals surface area contributed by atoms with Gasteiger partial charge in [-0.15, -0.1) is 0 Å². The fraction of sp³-hybridized carbons (Fsp3) is 0.364. The summed E-state index contributed by atoms with van der Waals surface area (Å²) in [5.74, 6) is 0.994. The number of aryl methyl sites for hydroxylation is 1. The topological polar surface area (TPSA) is 74.8 Å². The summed E-state index contributed by atoms with van der Waals surface area (Å²) >= 11 is 0. The monoisotopic (exact) mass is 394 g/mol. The minimum Gasteiger partial charge on any atom is -0.467 e. The van der Waals surface area contributed by atoms with E-state index < -0.39 is 0 Å². The zero-order valence-corrected chi connectivity index (χ0v) is 16.9. The molecule has 0 bridgehead atoms. The molecule has 1 saturated heterocycles. The molecule has 4 rings (SSSR count). The molecule has 0 spiro atoms. The van der Waals surface area contributed by atoms with Crippen molar-refractivity contribution in [3.63, 3.8) is 0 Å². The Bertz CT molecular complexity index is 956. The SMILES string of the molecule is Cc1cccc(N2CCN(Cc3nc(C(=O)NCc4ccco4)co3)CC2)c1C. The van der Waals surface area contributed by atoms with Crippen molar-refractivity contribution in [3.05, 3.63) is 71.3 Å². The van der Waals surface area contributed by atoms with E-state index in [9.17, 15) is 4.79 Å². The summed E-state index contributed by atoms with van der Waals surface area (Å²) in [6.45, 7) is 9.04. The number of furan rings is 1. The van der Waals surface area contributed by atoms with Gasteiger partial charge in [0.15, 0.2) is 5.69 Å². The Labute approximate surface area is 170 Å². The van der Waals surface area contributed by atoms with Gasteiger partial charge in [0.2, 0.25) is 5.89 Å². The molecule has 7 nitrogen and oxygen atoms in total. The number of hydrogen-bond acceptors (Lipinski definition) is 6. The lowest BCUT2D eigenvalue weighted by Gasteiger charge is -2.36. The number of rotatable bonds is 6. The molecule has 1 aromatic carbocycles. The maximum absolute atomic E-state index is 12.2. The highest BCUT2D eigenvalue weighted by molar-refractivity contribution is 5.91. The van der Waals surface area contributed by atoms with Gasteiger partial charge < -0.3 is 19.1 Å². The van der Waals surface area contributed by atoms with Crippen LogP contribution in [-0.4, -0.2) is 42.0 Å². The van der Waals surface area contributed by atoms with Gasteiger partial charge in [0, 0.05) is 31.9 Å². The van der Waals surface area contributed by atoms with E-state index in [0.29, 0.717) is 30.4 Å². The first-order valence-corrected chi connectivity index (χ1v) is 9.88. The summed E-state index contributed by atoms with van der Waals surface area (Å²) in [6, 6.07) is 10.1. The predicted molar refractivity (Wildman–Crippen MR) is 110 cm³/mol. The number of amides is 1. The molecular weight excluding hydrogens is 368 g/mol. The lowest BCUT2D eigenvalue weighted by molar-refractivity contribution is 0.0943. The summed E-state index contributed by atoms with van der Waals surface area (Å²) in [4.78, 5) is 21.3. The molecular formula is C22H26N4O3. The van der Waals surface area contributed by atoms with Crippen LogP contribution in [0.2, 0.25) is 0 Å². The molecule has 1 N–H and O–H groups in total. The highest BCUT2D eigenvalue weighted by Crippen LogP contribution is 2.24. The molecule has 0 unspecified atom stereocenters. The third kappa shape index (κ3) is 4.51. The van der Waals surface area contributed by atoms with Gasteiger partial charge in [-0.1, -0.05) is 12.1 Å². The number of hydrogen-bond donors (Lipinski definition) is 1. The summed E-state index contributed by atoms with van der Waals surface area (Å²) in [6.07, 6.45) is 2.99. The van der Waals surface area contributed by atoms with Crippen LogP contribution in [-0.2, 0) is 13.1 Å². The normalized spacial score (nSPS) is 14.9. The maximum Gasteiger partial charge on any atom is 0.273 e. The molecule has 1 aliphatic rings.